The number of ether oxygens (including phenoxy) is 1. The second-order valence-corrected chi connectivity index (χ2v) is 8.75. The van der Waals surface area contributed by atoms with E-state index in [1.54, 1.807) is 24.3 Å². The van der Waals surface area contributed by atoms with E-state index in [-0.39, 0.29) is 5.97 Å². The smallest absolute Gasteiger partial charge is 0.338 e. The van der Waals surface area contributed by atoms with Gasteiger partial charge >= 0.3 is 5.97 Å². The minimum Gasteiger partial charge on any atom is -0.457 e. The van der Waals surface area contributed by atoms with Gasteiger partial charge in [0, 0.05) is 6.16 Å². The highest BCUT2D eigenvalue weighted by Gasteiger charge is 2.46. The molecular formula is C13H16BrO4P. The summed E-state index contributed by atoms with van der Waals surface area (Å²) < 4.78 is 22.8. The van der Waals surface area contributed by atoms with E-state index in [0.717, 1.165) is 0 Å². The Morgan fingerprint density at radius 2 is 2.11 bits per heavy atom. The lowest BCUT2D eigenvalue weighted by atomic mass is 10.2. The quantitative estimate of drug-likeness (QED) is 0.474. The highest BCUT2D eigenvalue weighted by Crippen LogP contribution is 2.61. The molecule has 6 heteroatoms. The zero-order valence-corrected chi connectivity index (χ0v) is 13.1. The summed E-state index contributed by atoms with van der Waals surface area (Å²) >= 11 is 3.36. The molecular weight excluding hydrogens is 331 g/mol. The molecule has 0 spiro atoms. The molecule has 3 atom stereocenters. The van der Waals surface area contributed by atoms with Crippen LogP contribution in [0.2, 0.25) is 0 Å². The van der Waals surface area contributed by atoms with Crippen molar-refractivity contribution in [2.45, 2.75) is 24.0 Å². The summed E-state index contributed by atoms with van der Waals surface area (Å²) in [6, 6.07) is 8.79. The second kappa shape index (κ2) is 6.21. The van der Waals surface area contributed by atoms with E-state index in [1.165, 1.54) is 0 Å². The summed E-state index contributed by atoms with van der Waals surface area (Å²) in [4.78, 5) is 11.9. The van der Waals surface area contributed by atoms with Crippen LogP contribution in [0.1, 0.15) is 23.7 Å². The Kier molecular flexibility index (Phi) is 4.82. The lowest BCUT2D eigenvalue weighted by Crippen LogP contribution is -2.22. The maximum atomic E-state index is 12.4. The van der Waals surface area contributed by atoms with Crippen molar-refractivity contribution in [3.63, 3.8) is 0 Å². The topological polar surface area (TPSA) is 52.6 Å². The summed E-state index contributed by atoms with van der Waals surface area (Å²) in [6.07, 6.45) is 0.611. The number of halogens is 1. The summed E-state index contributed by atoms with van der Waals surface area (Å²) in [5, 5.41) is 0. The molecule has 0 N–H and O–H groups in total. The van der Waals surface area contributed by atoms with Gasteiger partial charge in [0.05, 0.1) is 12.2 Å². The molecule has 0 bridgehead atoms. The van der Waals surface area contributed by atoms with Gasteiger partial charge in [-0.25, -0.2) is 4.79 Å². The number of hydrogen-bond acceptors (Lipinski definition) is 4. The van der Waals surface area contributed by atoms with Gasteiger partial charge in [0.1, 0.15) is 10.7 Å². The first-order chi connectivity index (χ1) is 9.07. The van der Waals surface area contributed by atoms with Gasteiger partial charge in [-0.15, -0.1) is 0 Å². The van der Waals surface area contributed by atoms with E-state index in [2.05, 4.69) is 15.9 Å². The summed E-state index contributed by atoms with van der Waals surface area (Å²) in [5.74, 6) is -0.389. The summed E-state index contributed by atoms with van der Waals surface area (Å²) in [6.45, 7) is 2.21. The Morgan fingerprint density at radius 1 is 1.42 bits per heavy atom. The zero-order valence-electron chi connectivity index (χ0n) is 10.6. The molecule has 2 rings (SSSR count). The third kappa shape index (κ3) is 3.28. The van der Waals surface area contributed by atoms with Crippen LogP contribution in [-0.4, -0.2) is 29.4 Å². The van der Waals surface area contributed by atoms with E-state index >= 15 is 0 Å². The molecule has 104 valence electrons. The van der Waals surface area contributed by atoms with Gasteiger partial charge < -0.3 is 9.26 Å². The molecule has 1 saturated heterocycles. The predicted molar refractivity (Wildman–Crippen MR) is 77.1 cm³/mol. The van der Waals surface area contributed by atoms with Crippen LogP contribution < -0.4 is 0 Å². The first-order valence-corrected chi connectivity index (χ1v) is 8.99. The molecule has 1 aliphatic heterocycles. The lowest BCUT2D eigenvalue weighted by molar-refractivity contribution is 0.0343. The maximum Gasteiger partial charge on any atom is 0.338 e. The molecule has 1 fully saturated rings. The average Bonchev–Trinajstić information content (AvgIpc) is 2.69. The number of carbonyl (C=O) groups is 1. The number of hydrogen-bond donors (Lipinski definition) is 0. The summed E-state index contributed by atoms with van der Waals surface area (Å²) in [5.41, 5.74) is 0.500. The van der Waals surface area contributed by atoms with E-state index in [9.17, 15) is 9.36 Å². The first-order valence-electron chi connectivity index (χ1n) is 6.20. The van der Waals surface area contributed by atoms with E-state index in [1.807, 2.05) is 13.0 Å². The van der Waals surface area contributed by atoms with Crippen molar-refractivity contribution < 1.29 is 18.6 Å². The van der Waals surface area contributed by atoms with Crippen molar-refractivity contribution in [1.29, 1.82) is 0 Å². The molecule has 3 unspecified atom stereocenters. The Bertz CT molecular complexity index is 491. The molecule has 4 nitrogen and oxygen atoms in total. The highest BCUT2D eigenvalue weighted by atomic mass is 79.9. The van der Waals surface area contributed by atoms with Gasteiger partial charge in [-0.05, 0) is 25.5 Å². The van der Waals surface area contributed by atoms with Crippen molar-refractivity contribution >= 4 is 29.3 Å². The van der Waals surface area contributed by atoms with Crippen molar-refractivity contribution in [2.24, 2.45) is 0 Å². The number of benzene rings is 1. The van der Waals surface area contributed by atoms with Crippen LogP contribution in [-0.2, 0) is 13.8 Å². The van der Waals surface area contributed by atoms with Crippen LogP contribution >= 0.6 is 23.3 Å². The van der Waals surface area contributed by atoms with Crippen molar-refractivity contribution in [2.75, 3.05) is 12.8 Å². The van der Waals surface area contributed by atoms with E-state index < -0.39 is 18.0 Å². The summed E-state index contributed by atoms with van der Waals surface area (Å²) in [7, 11) is -2.73. The molecule has 1 heterocycles. The van der Waals surface area contributed by atoms with Gasteiger partial charge in [-0.1, -0.05) is 34.1 Å². The average molecular weight is 347 g/mol. The number of esters is 1. The Morgan fingerprint density at radius 3 is 2.74 bits per heavy atom. The Balaban J connectivity index is 2.02. The van der Waals surface area contributed by atoms with Gasteiger partial charge in [-0.2, -0.15) is 0 Å². The minimum atomic E-state index is -2.73. The first kappa shape index (κ1) is 14.8. The number of rotatable bonds is 4. The fraction of sp³-hybridized carbons (Fsp3) is 0.462. The molecule has 0 aromatic heterocycles. The third-order valence-corrected chi connectivity index (χ3v) is 8.15. The van der Waals surface area contributed by atoms with Gasteiger partial charge in [0.15, 0.2) is 0 Å². The number of alkyl halides is 1. The lowest BCUT2D eigenvalue weighted by Gasteiger charge is -2.19. The molecule has 19 heavy (non-hydrogen) atoms. The standard InChI is InChI=1S/C13H16BrO4P/c1-2-17-19(16)9-8-11(12(19)14)18-13(15)10-6-4-3-5-7-10/h3-7,11-12H,2,8-9H2,1H3. The van der Waals surface area contributed by atoms with Gasteiger partial charge in [-0.3, -0.25) is 4.57 Å². The monoisotopic (exact) mass is 346 g/mol. The second-order valence-electron chi connectivity index (χ2n) is 4.34. The van der Waals surface area contributed by atoms with Crippen LogP contribution in [0.5, 0.6) is 0 Å². The molecule has 1 aromatic carbocycles. The maximum absolute atomic E-state index is 12.4. The van der Waals surface area contributed by atoms with Crippen LogP contribution in [0.25, 0.3) is 0 Å². The van der Waals surface area contributed by atoms with Crippen molar-refractivity contribution in [3.05, 3.63) is 35.9 Å². The largest absolute Gasteiger partial charge is 0.457 e. The van der Waals surface area contributed by atoms with E-state index in [0.29, 0.717) is 24.8 Å². The van der Waals surface area contributed by atoms with Crippen LogP contribution in [0, 0.1) is 0 Å². The molecule has 0 saturated carbocycles. The Labute approximate surface area is 121 Å². The fourth-order valence-electron chi connectivity index (χ4n) is 2.07. The van der Waals surface area contributed by atoms with Crippen LogP contribution in [0.3, 0.4) is 0 Å². The van der Waals surface area contributed by atoms with E-state index in [4.69, 9.17) is 9.26 Å². The zero-order chi connectivity index (χ0) is 13.9. The molecule has 1 aliphatic rings. The minimum absolute atomic E-state index is 0.389. The van der Waals surface area contributed by atoms with Crippen LogP contribution in [0.15, 0.2) is 30.3 Å². The normalized spacial score (nSPS) is 30.2. The predicted octanol–water partition coefficient (Wildman–Crippen LogP) is 3.65. The fourth-order valence-corrected chi connectivity index (χ4v) is 5.70. The van der Waals surface area contributed by atoms with Gasteiger partial charge in [0.2, 0.25) is 7.37 Å². The Hall–Kier alpha value is -0.640. The van der Waals surface area contributed by atoms with Gasteiger partial charge in [0.25, 0.3) is 0 Å². The molecule has 0 radical (unpaired) electrons. The van der Waals surface area contributed by atoms with Crippen LogP contribution in [0.4, 0.5) is 0 Å². The van der Waals surface area contributed by atoms with Crippen molar-refractivity contribution in [3.8, 4) is 0 Å². The molecule has 1 aromatic rings. The number of carbonyl (C=O) groups excluding carboxylic acids is 1. The SMILES string of the molecule is CCOP1(=O)CCC(OC(=O)c2ccccc2)C1Br. The molecule has 0 amide bonds. The highest BCUT2D eigenvalue weighted by molar-refractivity contribution is 9.10. The molecule has 0 aliphatic carbocycles. The third-order valence-electron chi connectivity index (χ3n) is 3.02. The van der Waals surface area contributed by atoms with Crippen molar-refractivity contribution in [1.82, 2.24) is 0 Å².